The van der Waals surface area contributed by atoms with Gasteiger partial charge in [0.05, 0.1) is 44.1 Å². The van der Waals surface area contributed by atoms with Gasteiger partial charge in [-0.25, -0.2) is 9.97 Å². The number of hydrogen-bond donors (Lipinski definition) is 2. The number of aromatic nitrogens is 8. The monoisotopic (exact) mass is 504 g/mol. The van der Waals surface area contributed by atoms with Gasteiger partial charge in [-0.05, 0) is 60.7 Å². The molecule has 0 fully saturated rings. The third kappa shape index (κ3) is 2.78. The Morgan fingerprint density at radius 1 is 0.436 bits per heavy atom. The van der Waals surface area contributed by atoms with Crippen LogP contribution in [-0.2, 0) is 0 Å². The summed E-state index contributed by atoms with van der Waals surface area (Å²) < 4.78 is 6.31. The summed E-state index contributed by atoms with van der Waals surface area (Å²) in [5, 5.41) is 3.79. The highest BCUT2D eigenvalue weighted by atomic mass is 16.3. The molecule has 0 saturated carbocycles. The zero-order chi connectivity index (χ0) is 25.5. The lowest BCUT2D eigenvalue weighted by Gasteiger charge is -2.03. The van der Waals surface area contributed by atoms with Crippen LogP contribution in [0.4, 0.5) is 0 Å². The quantitative estimate of drug-likeness (QED) is 0.256. The first-order valence-electron chi connectivity index (χ1n) is 12.5. The Labute approximate surface area is 218 Å². The normalized spacial score (nSPS) is 12.1. The van der Waals surface area contributed by atoms with Crippen LogP contribution in [0.5, 0.6) is 0 Å². The molecule has 0 amide bonds. The van der Waals surface area contributed by atoms with Crippen molar-refractivity contribution in [3.8, 4) is 23.2 Å². The SMILES string of the molecule is c1cnc2c(c1)c1nc(-c3ccc(-c4nc5c6cccnc6c6ncccc6c5[nH]4)o3)[nH]c1c1cccnc12. The molecule has 0 unspecified atom stereocenters. The van der Waals surface area contributed by atoms with E-state index in [2.05, 4.69) is 29.9 Å². The summed E-state index contributed by atoms with van der Waals surface area (Å²) in [4.78, 5) is 35.2. The van der Waals surface area contributed by atoms with Gasteiger partial charge in [0, 0.05) is 46.3 Å². The van der Waals surface area contributed by atoms with Crippen LogP contribution in [0.2, 0.25) is 0 Å². The fourth-order valence-corrected chi connectivity index (χ4v) is 5.51. The van der Waals surface area contributed by atoms with Gasteiger partial charge in [0.15, 0.2) is 23.2 Å². The van der Waals surface area contributed by atoms with Crippen molar-refractivity contribution in [1.29, 1.82) is 0 Å². The molecular weight excluding hydrogens is 488 g/mol. The molecule has 0 atom stereocenters. The molecule has 0 aliphatic heterocycles. The van der Waals surface area contributed by atoms with Crippen LogP contribution in [-0.4, -0.2) is 39.9 Å². The van der Waals surface area contributed by atoms with Crippen LogP contribution in [0.3, 0.4) is 0 Å². The number of rotatable bonds is 2. The molecule has 39 heavy (non-hydrogen) atoms. The minimum absolute atomic E-state index is 0.605. The van der Waals surface area contributed by atoms with Gasteiger partial charge in [-0.1, -0.05) is 0 Å². The zero-order valence-electron chi connectivity index (χ0n) is 20.2. The van der Waals surface area contributed by atoms with Crippen LogP contribution < -0.4 is 0 Å². The van der Waals surface area contributed by atoms with Crippen molar-refractivity contribution in [2.45, 2.75) is 0 Å². The summed E-state index contributed by atoms with van der Waals surface area (Å²) in [6, 6.07) is 19.6. The number of nitrogens with zero attached hydrogens (tertiary/aromatic N) is 6. The fourth-order valence-electron chi connectivity index (χ4n) is 5.51. The maximum Gasteiger partial charge on any atom is 0.174 e. The van der Waals surface area contributed by atoms with E-state index < -0.39 is 0 Å². The predicted octanol–water partition coefficient (Wildman–Crippen LogP) is 6.56. The largest absolute Gasteiger partial charge is 0.450 e. The third-order valence-corrected chi connectivity index (χ3v) is 7.21. The molecule has 9 nitrogen and oxygen atoms in total. The minimum atomic E-state index is 0.605. The molecule has 2 N–H and O–H groups in total. The molecular formula is C30H16N8O. The number of nitrogens with one attached hydrogen (secondary N) is 2. The second-order valence-corrected chi connectivity index (χ2v) is 9.38. The van der Waals surface area contributed by atoms with Crippen molar-refractivity contribution in [1.82, 2.24) is 39.9 Å². The van der Waals surface area contributed by atoms with E-state index in [9.17, 15) is 0 Å². The molecule has 7 heterocycles. The number of hydrogen-bond acceptors (Lipinski definition) is 7. The van der Waals surface area contributed by atoms with Crippen LogP contribution in [0.15, 0.2) is 89.9 Å². The Kier molecular flexibility index (Phi) is 3.88. The van der Waals surface area contributed by atoms with E-state index in [1.807, 2.05) is 60.7 Å². The summed E-state index contributed by atoms with van der Waals surface area (Å²) >= 11 is 0. The average molecular weight is 505 g/mol. The van der Waals surface area contributed by atoms with Crippen LogP contribution in [0.25, 0.3) is 88.8 Å². The Balaban J connectivity index is 1.24. The predicted molar refractivity (Wildman–Crippen MR) is 150 cm³/mol. The van der Waals surface area contributed by atoms with Gasteiger partial charge in [0.2, 0.25) is 0 Å². The van der Waals surface area contributed by atoms with E-state index in [0.717, 1.165) is 65.7 Å². The van der Waals surface area contributed by atoms with E-state index in [0.29, 0.717) is 23.2 Å². The van der Waals surface area contributed by atoms with Crippen LogP contribution in [0, 0.1) is 0 Å². The number of H-pyrrole nitrogens is 2. The summed E-state index contributed by atoms with van der Waals surface area (Å²) in [5.74, 6) is 2.46. The van der Waals surface area contributed by atoms with Gasteiger partial charge in [0.1, 0.15) is 0 Å². The summed E-state index contributed by atoms with van der Waals surface area (Å²) in [7, 11) is 0. The molecule has 0 spiro atoms. The summed E-state index contributed by atoms with van der Waals surface area (Å²) in [5.41, 5.74) is 6.76. The van der Waals surface area contributed by atoms with E-state index in [4.69, 9.17) is 14.4 Å². The lowest BCUT2D eigenvalue weighted by atomic mass is 10.1. The molecule has 9 rings (SSSR count). The smallest absolute Gasteiger partial charge is 0.174 e. The average Bonchev–Trinajstić information content (AvgIpc) is 3.76. The highest BCUT2D eigenvalue weighted by molar-refractivity contribution is 6.22. The van der Waals surface area contributed by atoms with Gasteiger partial charge in [-0.15, -0.1) is 0 Å². The first-order valence-corrected chi connectivity index (χ1v) is 12.5. The lowest BCUT2D eigenvalue weighted by Crippen LogP contribution is -1.86. The van der Waals surface area contributed by atoms with Crippen molar-refractivity contribution >= 4 is 65.7 Å². The fraction of sp³-hybridized carbons (Fsp3) is 0. The number of imidazole rings is 2. The Morgan fingerprint density at radius 2 is 0.821 bits per heavy atom. The van der Waals surface area contributed by atoms with E-state index >= 15 is 0 Å². The standard InChI is InChI=1S/C30H16N8O/c1-5-15-21(31-11-1)22-16(6-2-12-32-22)26-25(15)35-29(36-26)19-9-10-20(39-19)30-37-27-17-7-3-13-33-23(17)24-18(28(27)38-30)8-4-14-34-24/h1-14H,(H,35,36)(H,37,38). The van der Waals surface area contributed by atoms with Gasteiger partial charge >= 0.3 is 0 Å². The van der Waals surface area contributed by atoms with Gasteiger partial charge in [-0.2, -0.15) is 0 Å². The van der Waals surface area contributed by atoms with Gasteiger partial charge < -0.3 is 14.4 Å². The number of fused-ring (bicyclic) bond motifs is 12. The minimum Gasteiger partial charge on any atom is -0.450 e. The van der Waals surface area contributed by atoms with Crippen molar-refractivity contribution in [3.63, 3.8) is 0 Å². The lowest BCUT2D eigenvalue weighted by molar-refractivity contribution is 0.589. The highest BCUT2D eigenvalue weighted by Crippen LogP contribution is 2.36. The van der Waals surface area contributed by atoms with Gasteiger partial charge in [-0.3, -0.25) is 19.9 Å². The number of pyridine rings is 4. The first-order chi connectivity index (χ1) is 19.3. The second kappa shape index (κ2) is 7.42. The summed E-state index contributed by atoms with van der Waals surface area (Å²) in [6.07, 6.45) is 7.12. The van der Waals surface area contributed by atoms with E-state index in [1.54, 1.807) is 24.8 Å². The molecule has 0 bridgehead atoms. The van der Waals surface area contributed by atoms with Crippen LogP contribution >= 0.6 is 0 Å². The van der Waals surface area contributed by atoms with E-state index in [1.165, 1.54) is 0 Å². The van der Waals surface area contributed by atoms with Crippen molar-refractivity contribution in [2.24, 2.45) is 0 Å². The molecule has 0 radical (unpaired) electrons. The molecule has 0 aliphatic carbocycles. The molecule has 2 aromatic carbocycles. The third-order valence-electron chi connectivity index (χ3n) is 7.21. The number of furan rings is 1. The number of aromatic amines is 2. The van der Waals surface area contributed by atoms with Crippen LogP contribution in [0.1, 0.15) is 0 Å². The Morgan fingerprint density at radius 3 is 1.26 bits per heavy atom. The molecule has 7 aromatic heterocycles. The van der Waals surface area contributed by atoms with Crippen molar-refractivity contribution in [2.75, 3.05) is 0 Å². The molecule has 182 valence electrons. The molecule has 0 saturated heterocycles. The van der Waals surface area contributed by atoms with Crippen molar-refractivity contribution < 1.29 is 4.42 Å². The topological polar surface area (TPSA) is 122 Å². The first kappa shape index (κ1) is 20.4. The van der Waals surface area contributed by atoms with Crippen molar-refractivity contribution in [3.05, 3.63) is 85.5 Å². The van der Waals surface area contributed by atoms with Gasteiger partial charge in [0.25, 0.3) is 0 Å². The number of benzene rings is 2. The molecule has 0 aliphatic rings. The maximum absolute atomic E-state index is 6.31. The summed E-state index contributed by atoms with van der Waals surface area (Å²) in [6.45, 7) is 0. The highest BCUT2D eigenvalue weighted by Gasteiger charge is 2.19. The Bertz CT molecular complexity index is 2100. The molecule has 9 aromatic rings. The Hall–Kier alpha value is -5.70. The second-order valence-electron chi connectivity index (χ2n) is 9.38. The van der Waals surface area contributed by atoms with E-state index in [-0.39, 0.29) is 0 Å². The zero-order valence-corrected chi connectivity index (χ0v) is 20.2. The molecule has 9 heteroatoms. The maximum atomic E-state index is 6.31.